The Morgan fingerprint density at radius 3 is 2.51 bits per heavy atom. The number of amides is 2. The van der Waals surface area contributed by atoms with Gasteiger partial charge in [0, 0.05) is 43.9 Å². The Kier molecular flexibility index (Phi) is 7.80. The molecule has 2 amide bonds. The van der Waals surface area contributed by atoms with Gasteiger partial charge in [0.15, 0.2) is 0 Å². The molecule has 6 nitrogen and oxygen atoms in total. The van der Waals surface area contributed by atoms with Crippen LogP contribution in [-0.2, 0) is 22.7 Å². The number of hydrogen-bond donors (Lipinski definition) is 0. The van der Waals surface area contributed by atoms with Gasteiger partial charge in [0.2, 0.25) is 5.91 Å². The summed E-state index contributed by atoms with van der Waals surface area (Å²) in [5.74, 6) is 0.451. The molecule has 1 unspecified atom stereocenters. The SMILES string of the molecule is O=C(c1ccc(N2CCCC2=O)cc1)N(Cc1ccc(OCc2cccc(F)c2)cc1)CC1CCCO1. The minimum Gasteiger partial charge on any atom is -0.489 e. The molecule has 1 atom stereocenters. The highest BCUT2D eigenvalue weighted by Crippen LogP contribution is 2.24. The van der Waals surface area contributed by atoms with Crippen LogP contribution in [0.5, 0.6) is 5.75 Å². The van der Waals surface area contributed by atoms with Crippen LogP contribution >= 0.6 is 0 Å². The summed E-state index contributed by atoms with van der Waals surface area (Å²) in [4.78, 5) is 29.2. The molecule has 7 heteroatoms. The van der Waals surface area contributed by atoms with Crippen LogP contribution in [0.1, 0.15) is 47.2 Å². The highest BCUT2D eigenvalue weighted by Gasteiger charge is 2.25. The first-order chi connectivity index (χ1) is 18.0. The average molecular weight is 503 g/mol. The van der Waals surface area contributed by atoms with Crippen molar-refractivity contribution in [2.45, 2.75) is 44.9 Å². The van der Waals surface area contributed by atoms with Crippen molar-refractivity contribution in [3.63, 3.8) is 0 Å². The van der Waals surface area contributed by atoms with Gasteiger partial charge in [0.1, 0.15) is 18.2 Å². The summed E-state index contributed by atoms with van der Waals surface area (Å²) in [6.07, 6.45) is 3.41. The van der Waals surface area contributed by atoms with Crippen LogP contribution in [0.15, 0.2) is 72.8 Å². The number of anilines is 1. The molecule has 192 valence electrons. The predicted octanol–water partition coefficient (Wildman–Crippen LogP) is 5.35. The first kappa shape index (κ1) is 25.0. The smallest absolute Gasteiger partial charge is 0.254 e. The molecule has 3 aromatic rings. The topological polar surface area (TPSA) is 59.1 Å². The summed E-state index contributed by atoms with van der Waals surface area (Å²) in [7, 11) is 0. The van der Waals surface area contributed by atoms with E-state index in [-0.39, 0.29) is 30.3 Å². The average Bonchev–Trinajstić information content (AvgIpc) is 3.59. The zero-order chi connectivity index (χ0) is 25.6. The van der Waals surface area contributed by atoms with Crippen molar-refractivity contribution in [1.82, 2.24) is 4.90 Å². The number of carbonyl (C=O) groups is 2. The molecular weight excluding hydrogens is 471 g/mol. The molecule has 2 saturated heterocycles. The Morgan fingerprint density at radius 2 is 1.84 bits per heavy atom. The molecule has 0 radical (unpaired) electrons. The van der Waals surface area contributed by atoms with Crippen LogP contribution in [0.25, 0.3) is 0 Å². The lowest BCUT2D eigenvalue weighted by molar-refractivity contribution is -0.117. The van der Waals surface area contributed by atoms with Gasteiger partial charge in [-0.05, 0) is 78.9 Å². The Balaban J connectivity index is 1.25. The molecule has 2 heterocycles. The highest BCUT2D eigenvalue weighted by molar-refractivity contribution is 5.97. The minimum absolute atomic E-state index is 0.0271. The summed E-state index contributed by atoms with van der Waals surface area (Å²) in [6.45, 7) is 2.68. The van der Waals surface area contributed by atoms with Crippen molar-refractivity contribution in [1.29, 1.82) is 0 Å². The third kappa shape index (κ3) is 6.35. The molecule has 0 aliphatic carbocycles. The van der Waals surface area contributed by atoms with E-state index in [0.717, 1.165) is 49.2 Å². The Morgan fingerprint density at radius 1 is 1.03 bits per heavy atom. The van der Waals surface area contributed by atoms with E-state index >= 15 is 0 Å². The second kappa shape index (κ2) is 11.6. The molecule has 0 N–H and O–H groups in total. The fraction of sp³-hybridized carbons (Fsp3) is 0.333. The van der Waals surface area contributed by atoms with E-state index in [1.54, 1.807) is 23.1 Å². The van der Waals surface area contributed by atoms with E-state index < -0.39 is 0 Å². The van der Waals surface area contributed by atoms with Crippen LogP contribution in [-0.4, -0.2) is 42.5 Å². The lowest BCUT2D eigenvalue weighted by Crippen LogP contribution is -2.37. The van der Waals surface area contributed by atoms with Crippen LogP contribution in [0.2, 0.25) is 0 Å². The number of rotatable bonds is 9. The van der Waals surface area contributed by atoms with Gasteiger partial charge < -0.3 is 19.3 Å². The number of halogens is 1. The van der Waals surface area contributed by atoms with Gasteiger partial charge in [-0.3, -0.25) is 9.59 Å². The second-order valence-corrected chi connectivity index (χ2v) is 9.58. The molecule has 0 saturated carbocycles. The van der Waals surface area contributed by atoms with Crippen molar-refractivity contribution >= 4 is 17.5 Å². The Bertz CT molecular complexity index is 1220. The molecule has 0 bridgehead atoms. The van der Waals surface area contributed by atoms with Gasteiger partial charge in [-0.1, -0.05) is 24.3 Å². The first-order valence-electron chi connectivity index (χ1n) is 12.8. The van der Waals surface area contributed by atoms with Gasteiger partial charge >= 0.3 is 0 Å². The summed E-state index contributed by atoms with van der Waals surface area (Å²) in [6, 6.07) is 21.3. The molecule has 0 aromatic heterocycles. The van der Waals surface area contributed by atoms with Crippen molar-refractivity contribution in [2.24, 2.45) is 0 Å². The van der Waals surface area contributed by atoms with E-state index in [1.807, 2.05) is 47.4 Å². The highest BCUT2D eigenvalue weighted by atomic mass is 19.1. The largest absolute Gasteiger partial charge is 0.489 e. The lowest BCUT2D eigenvalue weighted by atomic mass is 10.1. The summed E-state index contributed by atoms with van der Waals surface area (Å²) in [5, 5.41) is 0. The number of benzene rings is 3. The van der Waals surface area contributed by atoms with Crippen LogP contribution in [0.4, 0.5) is 10.1 Å². The maximum Gasteiger partial charge on any atom is 0.254 e. The number of carbonyl (C=O) groups excluding carboxylic acids is 2. The number of nitrogens with zero attached hydrogens (tertiary/aromatic N) is 2. The van der Waals surface area contributed by atoms with Crippen LogP contribution in [0, 0.1) is 5.82 Å². The van der Waals surface area contributed by atoms with E-state index in [0.29, 0.717) is 30.8 Å². The van der Waals surface area contributed by atoms with Gasteiger partial charge in [-0.2, -0.15) is 0 Å². The molecule has 2 aliphatic heterocycles. The number of hydrogen-bond acceptors (Lipinski definition) is 4. The quantitative estimate of drug-likeness (QED) is 0.396. The maximum absolute atomic E-state index is 13.5. The molecular formula is C30H31FN2O4. The maximum atomic E-state index is 13.5. The van der Waals surface area contributed by atoms with Crippen molar-refractivity contribution in [3.05, 3.63) is 95.3 Å². The summed E-state index contributed by atoms with van der Waals surface area (Å²) >= 11 is 0. The normalized spacial score (nSPS) is 17.3. The molecule has 2 fully saturated rings. The fourth-order valence-corrected chi connectivity index (χ4v) is 4.85. The van der Waals surface area contributed by atoms with Crippen molar-refractivity contribution < 1.29 is 23.5 Å². The molecule has 0 spiro atoms. The van der Waals surface area contributed by atoms with E-state index in [4.69, 9.17) is 9.47 Å². The Labute approximate surface area is 216 Å². The van der Waals surface area contributed by atoms with Crippen LogP contribution in [0.3, 0.4) is 0 Å². The third-order valence-corrected chi connectivity index (χ3v) is 6.83. The van der Waals surface area contributed by atoms with Crippen molar-refractivity contribution in [2.75, 3.05) is 24.6 Å². The first-order valence-corrected chi connectivity index (χ1v) is 12.8. The third-order valence-electron chi connectivity index (χ3n) is 6.83. The fourth-order valence-electron chi connectivity index (χ4n) is 4.85. The zero-order valence-electron chi connectivity index (χ0n) is 20.8. The minimum atomic E-state index is -0.286. The van der Waals surface area contributed by atoms with Gasteiger partial charge in [-0.25, -0.2) is 4.39 Å². The van der Waals surface area contributed by atoms with Crippen molar-refractivity contribution in [3.8, 4) is 5.75 Å². The van der Waals surface area contributed by atoms with Gasteiger partial charge in [-0.15, -0.1) is 0 Å². The molecule has 2 aliphatic rings. The predicted molar refractivity (Wildman–Crippen MR) is 139 cm³/mol. The standard InChI is InChI=1S/C30H31FN2O4/c31-25-5-1-4-23(18-25)21-37-27-14-8-22(9-15-27)19-32(20-28-6-3-17-36-28)30(35)24-10-12-26(13-11-24)33-16-2-7-29(33)34/h1,4-5,8-15,18,28H,2-3,6-7,16-17,19-21H2. The molecule has 3 aromatic carbocycles. The van der Waals surface area contributed by atoms with Gasteiger partial charge in [0.25, 0.3) is 5.91 Å². The van der Waals surface area contributed by atoms with E-state index in [2.05, 4.69) is 0 Å². The zero-order valence-corrected chi connectivity index (χ0v) is 20.8. The Hall–Kier alpha value is -3.71. The molecule has 37 heavy (non-hydrogen) atoms. The molecule has 5 rings (SSSR count). The van der Waals surface area contributed by atoms with E-state index in [9.17, 15) is 14.0 Å². The summed E-state index contributed by atoms with van der Waals surface area (Å²) < 4.78 is 25.0. The monoisotopic (exact) mass is 502 g/mol. The lowest BCUT2D eigenvalue weighted by Gasteiger charge is -2.26. The van der Waals surface area contributed by atoms with Gasteiger partial charge in [0.05, 0.1) is 6.10 Å². The van der Waals surface area contributed by atoms with E-state index in [1.165, 1.54) is 12.1 Å². The number of ether oxygens (including phenoxy) is 2. The van der Waals surface area contributed by atoms with Crippen LogP contribution < -0.4 is 9.64 Å². The second-order valence-electron chi connectivity index (χ2n) is 9.58. The summed E-state index contributed by atoms with van der Waals surface area (Å²) in [5.41, 5.74) is 3.16.